The van der Waals surface area contributed by atoms with Gasteiger partial charge in [-0.1, -0.05) is 30.3 Å². The van der Waals surface area contributed by atoms with E-state index in [9.17, 15) is 23.1 Å². The summed E-state index contributed by atoms with van der Waals surface area (Å²) in [4.78, 5) is 22.6. The van der Waals surface area contributed by atoms with Gasteiger partial charge >= 0.3 is 11.9 Å². The van der Waals surface area contributed by atoms with Crippen molar-refractivity contribution in [1.82, 2.24) is 0 Å². The summed E-state index contributed by atoms with van der Waals surface area (Å²) in [6.45, 7) is -0.836. The van der Waals surface area contributed by atoms with Gasteiger partial charge in [-0.15, -0.1) is 0 Å². The highest BCUT2D eigenvalue weighted by Gasteiger charge is 2.29. The Kier molecular flexibility index (Phi) is 6.88. The quantitative estimate of drug-likeness (QED) is 0.400. The van der Waals surface area contributed by atoms with Crippen molar-refractivity contribution < 1.29 is 37.7 Å². The molecule has 0 aromatic heterocycles. The number of hydrogen-bond acceptors (Lipinski definition) is 7. The van der Waals surface area contributed by atoms with E-state index < -0.39 is 33.3 Å². The van der Waals surface area contributed by atoms with Gasteiger partial charge in [0.2, 0.25) is 9.84 Å². The van der Waals surface area contributed by atoms with Crippen LogP contribution in [0.15, 0.2) is 70.5 Å². The van der Waals surface area contributed by atoms with Gasteiger partial charge in [0.15, 0.2) is 6.61 Å². The van der Waals surface area contributed by atoms with E-state index in [-0.39, 0.29) is 33.9 Å². The van der Waals surface area contributed by atoms with E-state index in [1.807, 2.05) is 0 Å². The molecule has 0 radical (unpaired) electrons. The summed E-state index contributed by atoms with van der Waals surface area (Å²) in [6, 6.07) is 15.2. The lowest BCUT2D eigenvalue weighted by molar-refractivity contribution is -0.139. The Morgan fingerprint density at radius 2 is 1.64 bits per heavy atom. The number of methoxy groups -OCH3 is 1. The zero-order valence-electron chi connectivity index (χ0n) is 17.5. The molecule has 0 spiro atoms. The van der Waals surface area contributed by atoms with Crippen molar-refractivity contribution in [2.75, 3.05) is 19.5 Å². The van der Waals surface area contributed by atoms with Crippen LogP contribution in [0.4, 0.5) is 5.69 Å². The molecule has 0 heterocycles. The van der Waals surface area contributed by atoms with Crippen LogP contribution in [0.5, 0.6) is 11.5 Å². The first kappa shape index (κ1) is 23.6. The minimum atomic E-state index is -4.27. The van der Waals surface area contributed by atoms with Gasteiger partial charge in [-0.25, -0.2) is 18.0 Å². The molecule has 10 heteroatoms. The maximum absolute atomic E-state index is 13.3. The number of carboxylic acids is 2. The van der Waals surface area contributed by atoms with Crippen LogP contribution in [0.25, 0.3) is 0 Å². The van der Waals surface area contributed by atoms with Gasteiger partial charge < -0.3 is 25.4 Å². The van der Waals surface area contributed by atoms with E-state index in [1.165, 1.54) is 31.4 Å². The van der Waals surface area contributed by atoms with Gasteiger partial charge in [0, 0.05) is 12.0 Å². The van der Waals surface area contributed by atoms with Crippen LogP contribution >= 0.6 is 0 Å². The number of hydrogen-bond donors (Lipinski definition) is 3. The Morgan fingerprint density at radius 3 is 2.18 bits per heavy atom. The van der Waals surface area contributed by atoms with Crippen molar-refractivity contribution >= 4 is 27.5 Å². The van der Waals surface area contributed by atoms with Gasteiger partial charge in [-0.2, -0.15) is 0 Å². The molecule has 0 aliphatic carbocycles. The van der Waals surface area contributed by atoms with Crippen LogP contribution in [-0.4, -0.2) is 44.3 Å². The molecule has 3 aromatic carbocycles. The van der Waals surface area contributed by atoms with E-state index in [4.69, 9.17) is 20.3 Å². The van der Waals surface area contributed by atoms with Crippen LogP contribution < -0.4 is 15.2 Å². The third kappa shape index (κ3) is 5.07. The van der Waals surface area contributed by atoms with Crippen molar-refractivity contribution in [3.8, 4) is 11.5 Å². The zero-order chi connectivity index (χ0) is 24.2. The average Bonchev–Trinajstić information content (AvgIpc) is 2.79. The van der Waals surface area contributed by atoms with Crippen molar-refractivity contribution in [2.24, 2.45) is 0 Å². The average molecular weight is 471 g/mol. The fraction of sp³-hybridized carbons (Fsp3) is 0.130. The first-order chi connectivity index (χ1) is 15.6. The number of benzene rings is 3. The van der Waals surface area contributed by atoms with Crippen LogP contribution in [0.1, 0.15) is 21.5 Å². The molecule has 3 aromatic rings. The van der Waals surface area contributed by atoms with Gasteiger partial charge in [-0.3, -0.25) is 0 Å². The smallest absolute Gasteiger partial charge is 0.341 e. The normalized spacial score (nSPS) is 11.1. The Bertz CT molecular complexity index is 1290. The Balaban J connectivity index is 2.24. The summed E-state index contributed by atoms with van der Waals surface area (Å²) < 4.78 is 37.0. The molecule has 3 rings (SSSR count). The predicted molar refractivity (Wildman–Crippen MR) is 119 cm³/mol. The molecule has 0 amide bonds. The third-order valence-corrected chi connectivity index (χ3v) is 6.65. The molecule has 0 aliphatic rings. The summed E-state index contributed by atoms with van der Waals surface area (Å²) in [5, 5.41) is 18.9. The molecular weight excluding hydrogens is 450 g/mol. The monoisotopic (exact) mass is 471 g/mol. The summed E-state index contributed by atoms with van der Waals surface area (Å²) in [6.07, 6.45) is 0.0322. The van der Waals surface area contributed by atoms with Gasteiger partial charge in [0.25, 0.3) is 0 Å². The number of rotatable bonds is 9. The molecule has 0 unspecified atom stereocenters. The summed E-state index contributed by atoms with van der Waals surface area (Å²) in [7, 11) is -2.84. The number of anilines is 1. The molecule has 0 saturated heterocycles. The molecule has 172 valence electrons. The largest absolute Gasteiger partial charge is 0.497 e. The number of ether oxygens (including phenoxy) is 2. The summed E-state index contributed by atoms with van der Waals surface area (Å²) >= 11 is 0. The highest BCUT2D eigenvalue weighted by molar-refractivity contribution is 7.91. The van der Waals surface area contributed by atoms with Crippen LogP contribution in [0.3, 0.4) is 0 Å². The second kappa shape index (κ2) is 9.61. The molecule has 0 fully saturated rings. The zero-order valence-corrected chi connectivity index (χ0v) is 18.3. The molecule has 0 bridgehead atoms. The molecule has 9 nitrogen and oxygen atoms in total. The number of carbonyl (C=O) groups is 2. The standard InChI is InChI=1S/C23H21NO8S/c1-31-15-7-9-16(10-8-15)33(29,30)19-12-18(23(27)28)17(11-14-5-3-2-4-6-14)22(21(19)24)32-13-20(25)26/h2-10,12H,11,13,24H2,1H3,(H,25,26)(H,27,28). The van der Waals surface area contributed by atoms with E-state index in [0.29, 0.717) is 11.3 Å². The second-order valence-electron chi connectivity index (χ2n) is 6.97. The van der Waals surface area contributed by atoms with E-state index in [0.717, 1.165) is 6.07 Å². The maximum atomic E-state index is 13.3. The number of sulfone groups is 1. The first-order valence-electron chi connectivity index (χ1n) is 9.61. The number of carboxylic acid groups (broad SMARTS) is 2. The molecule has 0 saturated carbocycles. The van der Waals surface area contributed by atoms with Crippen LogP contribution in [-0.2, 0) is 21.1 Å². The Labute approximate surface area is 189 Å². The van der Waals surface area contributed by atoms with Crippen molar-refractivity contribution in [3.05, 3.63) is 77.4 Å². The van der Waals surface area contributed by atoms with Crippen molar-refractivity contribution in [2.45, 2.75) is 16.2 Å². The molecule has 33 heavy (non-hydrogen) atoms. The van der Waals surface area contributed by atoms with Gasteiger partial charge in [0.05, 0.1) is 28.2 Å². The topological polar surface area (TPSA) is 153 Å². The molecule has 4 N–H and O–H groups in total. The SMILES string of the molecule is COc1ccc(S(=O)(=O)c2cc(C(=O)O)c(Cc3ccccc3)c(OCC(=O)O)c2N)cc1. The van der Waals surface area contributed by atoms with Gasteiger partial charge in [0.1, 0.15) is 11.5 Å². The number of aliphatic carboxylic acids is 1. The predicted octanol–water partition coefficient (Wildman–Crippen LogP) is 2.86. The fourth-order valence-corrected chi connectivity index (χ4v) is 4.67. The first-order valence-corrected chi connectivity index (χ1v) is 11.1. The molecule has 0 aliphatic heterocycles. The lowest BCUT2D eigenvalue weighted by Crippen LogP contribution is -2.17. The van der Waals surface area contributed by atoms with Crippen molar-refractivity contribution in [3.63, 3.8) is 0 Å². The summed E-state index contributed by atoms with van der Waals surface area (Å²) in [5.41, 5.74) is 6.19. The Hall–Kier alpha value is -4.05. The number of nitrogens with two attached hydrogens (primary N) is 1. The van der Waals surface area contributed by atoms with Crippen LogP contribution in [0.2, 0.25) is 0 Å². The lowest BCUT2D eigenvalue weighted by Gasteiger charge is -2.19. The summed E-state index contributed by atoms with van der Waals surface area (Å²) in [5.74, 6) is -2.61. The maximum Gasteiger partial charge on any atom is 0.341 e. The van der Waals surface area contributed by atoms with Crippen molar-refractivity contribution in [1.29, 1.82) is 0 Å². The van der Waals surface area contributed by atoms with Gasteiger partial charge in [-0.05, 0) is 35.9 Å². The van der Waals surface area contributed by atoms with E-state index in [2.05, 4.69) is 0 Å². The number of nitrogen functional groups attached to an aromatic ring is 1. The Morgan fingerprint density at radius 1 is 1.00 bits per heavy atom. The highest BCUT2D eigenvalue weighted by atomic mass is 32.2. The molecule has 0 atom stereocenters. The van der Waals surface area contributed by atoms with E-state index >= 15 is 0 Å². The minimum absolute atomic E-state index is 0.0322. The third-order valence-electron chi connectivity index (χ3n) is 4.84. The lowest BCUT2D eigenvalue weighted by atomic mass is 9.97. The number of aromatic carboxylic acids is 1. The second-order valence-corrected chi connectivity index (χ2v) is 8.89. The highest BCUT2D eigenvalue weighted by Crippen LogP contribution is 2.39. The van der Waals surface area contributed by atoms with Crippen LogP contribution in [0, 0.1) is 0 Å². The van der Waals surface area contributed by atoms with E-state index in [1.54, 1.807) is 30.3 Å². The molecular formula is C23H21NO8S. The minimum Gasteiger partial charge on any atom is -0.497 e. The fourth-order valence-electron chi connectivity index (χ4n) is 3.26.